The van der Waals surface area contributed by atoms with E-state index in [1.165, 1.54) is 11.1 Å². The Bertz CT molecular complexity index is 1120. The lowest BCUT2D eigenvalue weighted by atomic mass is 9.99. The summed E-state index contributed by atoms with van der Waals surface area (Å²) >= 11 is 0. The Balaban J connectivity index is 1.81. The molecule has 1 N–H and O–H groups in total. The Morgan fingerprint density at radius 1 is 0.731 bits per heavy atom. The molecule has 0 spiro atoms. The number of nitrogens with zero attached hydrogens (tertiary/aromatic N) is 2. The van der Waals surface area contributed by atoms with E-state index in [4.69, 9.17) is 4.98 Å². The minimum atomic E-state index is 0.234. The molecule has 26 heavy (non-hydrogen) atoms. The molecule has 0 radical (unpaired) electrons. The Morgan fingerprint density at radius 3 is 2.31 bits per heavy atom. The second-order valence-corrected chi connectivity index (χ2v) is 6.45. The summed E-state index contributed by atoms with van der Waals surface area (Å²) in [5.74, 6) is 0.234. The van der Waals surface area contributed by atoms with Crippen LogP contribution in [0.2, 0.25) is 0 Å². The molecule has 3 nitrogen and oxygen atoms in total. The first-order valence-electron chi connectivity index (χ1n) is 8.63. The van der Waals surface area contributed by atoms with Gasteiger partial charge in [0, 0.05) is 29.3 Å². The Labute approximate surface area is 151 Å². The van der Waals surface area contributed by atoms with E-state index in [1.54, 1.807) is 6.07 Å². The lowest BCUT2D eigenvalue weighted by molar-refractivity contribution is 0.477. The number of aromatic nitrogens is 2. The number of phenolic OH excluding ortho intramolecular Hbond substituents is 1. The van der Waals surface area contributed by atoms with Crippen molar-refractivity contribution >= 4 is 0 Å². The molecule has 0 bridgehead atoms. The molecule has 0 aliphatic heterocycles. The summed E-state index contributed by atoms with van der Waals surface area (Å²) in [6.07, 6.45) is 2.66. The summed E-state index contributed by atoms with van der Waals surface area (Å²) in [6, 6.07) is 23.7. The molecule has 5 rings (SSSR count). The number of rotatable bonds is 2. The van der Waals surface area contributed by atoms with E-state index < -0.39 is 0 Å². The summed E-state index contributed by atoms with van der Waals surface area (Å²) in [4.78, 5) is 9.48. The van der Waals surface area contributed by atoms with Crippen molar-refractivity contribution in [2.75, 3.05) is 0 Å². The monoisotopic (exact) mass is 336 g/mol. The predicted octanol–water partition coefficient (Wildman–Crippen LogP) is 5.09. The first-order valence-corrected chi connectivity index (χ1v) is 8.63. The third kappa shape index (κ3) is 2.29. The third-order valence-corrected chi connectivity index (χ3v) is 4.88. The van der Waals surface area contributed by atoms with Crippen LogP contribution in [0.4, 0.5) is 0 Å². The second-order valence-electron chi connectivity index (χ2n) is 6.45. The van der Waals surface area contributed by atoms with Crippen LogP contribution in [-0.2, 0) is 6.42 Å². The van der Waals surface area contributed by atoms with Gasteiger partial charge < -0.3 is 5.11 Å². The summed E-state index contributed by atoms with van der Waals surface area (Å²) in [6.45, 7) is 0. The van der Waals surface area contributed by atoms with Gasteiger partial charge in [0.15, 0.2) is 0 Å². The highest BCUT2D eigenvalue weighted by Crippen LogP contribution is 2.42. The molecule has 0 unspecified atom stereocenters. The van der Waals surface area contributed by atoms with Gasteiger partial charge in [0.2, 0.25) is 0 Å². The number of hydrogen-bond acceptors (Lipinski definition) is 3. The van der Waals surface area contributed by atoms with Crippen molar-refractivity contribution in [1.82, 2.24) is 9.97 Å². The zero-order chi connectivity index (χ0) is 17.5. The van der Waals surface area contributed by atoms with Gasteiger partial charge in [-0.25, -0.2) is 4.98 Å². The standard InChI is InChI=1S/C23H16N2O/c26-22-11-4-3-9-17(22)21-14-18(20-10-5-6-12-24-20)19-13-15-7-1-2-8-16(15)23(19)25-21/h1-12,14,26H,13H2. The molecule has 124 valence electrons. The van der Waals surface area contributed by atoms with Gasteiger partial charge >= 0.3 is 0 Å². The van der Waals surface area contributed by atoms with Crippen molar-refractivity contribution < 1.29 is 5.11 Å². The number of pyridine rings is 2. The molecule has 0 fully saturated rings. The van der Waals surface area contributed by atoms with Gasteiger partial charge in [-0.1, -0.05) is 42.5 Å². The van der Waals surface area contributed by atoms with E-state index in [9.17, 15) is 5.11 Å². The fourth-order valence-corrected chi connectivity index (χ4v) is 3.65. The molecule has 0 saturated carbocycles. The van der Waals surface area contributed by atoms with Crippen LogP contribution < -0.4 is 0 Å². The predicted molar refractivity (Wildman–Crippen MR) is 103 cm³/mol. The van der Waals surface area contributed by atoms with Crippen LogP contribution in [0.5, 0.6) is 5.75 Å². The minimum absolute atomic E-state index is 0.234. The quantitative estimate of drug-likeness (QED) is 0.488. The van der Waals surface area contributed by atoms with Crippen molar-refractivity contribution in [1.29, 1.82) is 0 Å². The van der Waals surface area contributed by atoms with E-state index in [1.807, 2.05) is 54.7 Å². The highest BCUT2D eigenvalue weighted by molar-refractivity contribution is 5.85. The average molecular weight is 336 g/mol. The van der Waals surface area contributed by atoms with Gasteiger partial charge in [0.1, 0.15) is 5.75 Å². The average Bonchev–Trinajstić information content (AvgIpc) is 3.07. The molecule has 2 aromatic heterocycles. The van der Waals surface area contributed by atoms with E-state index in [0.29, 0.717) is 0 Å². The molecular weight excluding hydrogens is 320 g/mol. The molecule has 3 heteroatoms. The van der Waals surface area contributed by atoms with Crippen LogP contribution >= 0.6 is 0 Å². The molecular formula is C23H16N2O. The molecule has 1 aliphatic carbocycles. The largest absolute Gasteiger partial charge is 0.507 e. The van der Waals surface area contributed by atoms with Crippen molar-refractivity contribution in [2.24, 2.45) is 0 Å². The van der Waals surface area contributed by atoms with Crippen molar-refractivity contribution in [3.05, 3.63) is 90.1 Å². The zero-order valence-electron chi connectivity index (χ0n) is 14.1. The van der Waals surface area contributed by atoms with Gasteiger partial charge in [0.25, 0.3) is 0 Å². The molecule has 4 aromatic rings. The SMILES string of the molecule is Oc1ccccc1-c1cc(-c2ccccn2)c2c(n1)-c1ccccc1C2. The fourth-order valence-electron chi connectivity index (χ4n) is 3.65. The van der Waals surface area contributed by atoms with Crippen molar-refractivity contribution in [2.45, 2.75) is 6.42 Å². The number of hydrogen-bond donors (Lipinski definition) is 1. The Hall–Kier alpha value is -3.46. The highest BCUT2D eigenvalue weighted by Gasteiger charge is 2.25. The normalized spacial score (nSPS) is 11.8. The van der Waals surface area contributed by atoms with Gasteiger partial charge in [-0.05, 0) is 41.5 Å². The Kier molecular flexibility index (Phi) is 3.32. The first-order chi connectivity index (χ1) is 12.8. The summed E-state index contributed by atoms with van der Waals surface area (Å²) in [5, 5.41) is 10.3. The highest BCUT2D eigenvalue weighted by atomic mass is 16.3. The van der Waals surface area contributed by atoms with Crippen LogP contribution in [0, 0.1) is 0 Å². The first kappa shape index (κ1) is 14.8. The second kappa shape index (κ2) is 5.81. The van der Waals surface area contributed by atoms with Gasteiger partial charge in [0.05, 0.1) is 17.1 Å². The molecule has 1 aliphatic rings. The van der Waals surface area contributed by atoms with Crippen LogP contribution in [-0.4, -0.2) is 15.1 Å². The maximum absolute atomic E-state index is 10.3. The number of benzene rings is 2. The summed E-state index contributed by atoms with van der Waals surface area (Å²) in [7, 11) is 0. The van der Waals surface area contributed by atoms with E-state index in [2.05, 4.69) is 23.2 Å². The topological polar surface area (TPSA) is 46.0 Å². The molecule has 0 atom stereocenters. The van der Waals surface area contributed by atoms with E-state index in [0.717, 1.165) is 40.2 Å². The smallest absolute Gasteiger partial charge is 0.124 e. The van der Waals surface area contributed by atoms with Crippen molar-refractivity contribution in [3.8, 4) is 39.5 Å². The van der Waals surface area contributed by atoms with E-state index >= 15 is 0 Å². The fraction of sp³-hybridized carbons (Fsp3) is 0.0435. The van der Waals surface area contributed by atoms with Gasteiger partial charge in [-0.3, -0.25) is 4.98 Å². The number of phenols is 1. The number of aromatic hydroxyl groups is 1. The van der Waals surface area contributed by atoms with Crippen LogP contribution in [0.15, 0.2) is 79.0 Å². The maximum Gasteiger partial charge on any atom is 0.124 e. The molecule has 0 amide bonds. The Morgan fingerprint density at radius 2 is 1.50 bits per heavy atom. The lowest BCUT2D eigenvalue weighted by Gasteiger charge is -2.12. The van der Waals surface area contributed by atoms with Gasteiger partial charge in [-0.15, -0.1) is 0 Å². The van der Waals surface area contributed by atoms with Gasteiger partial charge in [-0.2, -0.15) is 0 Å². The number of para-hydroxylation sites is 1. The van der Waals surface area contributed by atoms with Crippen LogP contribution in [0.3, 0.4) is 0 Å². The molecule has 0 saturated heterocycles. The summed E-state index contributed by atoms with van der Waals surface area (Å²) in [5.41, 5.74) is 8.13. The maximum atomic E-state index is 10.3. The van der Waals surface area contributed by atoms with Crippen molar-refractivity contribution in [3.63, 3.8) is 0 Å². The minimum Gasteiger partial charge on any atom is -0.507 e. The third-order valence-electron chi connectivity index (χ3n) is 4.88. The zero-order valence-corrected chi connectivity index (χ0v) is 14.1. The summed E-state index contributed by atoms with van der Waals surface area (Å²) < 4.78 is 0. The van der Waals surface area contributed by atoms with Crippen LogP contribution in [0.1, 0.15) is 11.1 Å². The lowest BCUT2D eigenvalue weighted by Crippen LogP contribution is -1.95. The number of fused-ring (bicyclic) bond motifs is 3. The molecule has 2 heterocycles. The van der Waals surface area contributed by atoms with E-state index in [-0.39, 0.29) is 5.75 Å². The van der Waals surface area contributed by atoms with Crippen LogP contribution in [0.25, 0.3) is 33.8 Å². The molecule has 2 aromatic carbocycles.